The van der Waals surface area contributed by atoms with Gasteiger partial charge in [-0.2, -0.15) is 0 Å². The Labute approximate surface area is 208 Å². The van der Waals surface area contributed by atoms with Crippen LogP contribution >= 0.6 is 0 Å². The molecule has 6 heteroatoms. The number of benzene rings is 2. The standard InChI is InChI=1S/C29H37NO5/c1-28(2,3)19-11-9-18(10-12-19)24-23(26(32)27(33)30(24)15-16-34-7)25(31)21-17-20(29(4,5)6)13-14-22(21)35-8/h9-14,17,24,31H,15-16H2,1-8H3/b25-23+. The maximum Gasteiger partial charge on any atom is 0.295 e. The number of aliphatic hydroxyl groups excluding tert-OH is 1. The van der Waals surface area contributed by atoms with Gasteiger partial charge in [0, 0.05) is 13.7 Å². The number of likely N-dealkylation sites (tertiary alicyclic amines) is 1. The molecule has 1 aliphatic rings. The Hall–Kier alpha value is -3.12. The quantitative estimate of drug-likeness (QED) is 0.343. The molecule has 6 nitrogen and oxygen atoms in total. The second kappa shape index (κ2) is 9.86. The summed E-state index contributed by atoms with van der Waals surface area (Å²) in [6, 6.07) is 12.7. The number of amides is 1. The van der Waals surface area contributed by atoms with Gasteiger partial charge < -0.3 is 19.5 Å². The molecule has 0 aliphatic carbocycles. The van der Waals surface area contributed by atoms with Crippen molar-refractivity contribution < 1.29 is 24.2 Å². The van der Waals surface area contributed by atoms with Crippen LogP contribution in [0.5, 0.6) is 5.75 Å². The zero-order valence-electron chi connectivity index (χ0n) is 22.1. The van der Waals surface area contributed by atoms with E-state index in [4.69, 9.17) is 9.47 Å². The predicted octanol–water partition coefficient (Wildman–Crippen LogP) is 5.36. The molecule has 1 aliphatic heterocycles. The number of rotatable bonds is 6. The van der Waals surface area contributed by atoms with E-state index in [2.05, 4.69) is 41.5 Å². The topological polar surface area (TPSA) is 76.1 Å². The molecule has 0 saturated carbocycles. The number of methoxy groups -OCH3 is 2. The normalized spacial score (nSPS) is 18.3. The Morgan fingerprint density at radius 2 is 1.49 bits per heavy atom. The number of hydrogen-bond acceptors (Lipinski definition) is 5. The zero-order valence-corrected chi connectivity index (χ0v) is 22.1. The van der Waals surface area contributed by atoms with Crippen LogP contribution in [0.1, 0.15) is 69.8 Å². The molecule has 188 valence electrons. The molecule has 0 aromatic heterocycles. The Bertz CT molecular complexity index is 1130. The van der Waals surface area contributed by atoms with Crippen molar-refractivity contribution in [1.29, 1.82) is 0 Å². The summed E-state index contributed by atoms with van der Waals surface area (Å²) in [4.78, 5) is 27.9. The highest BCUT2D eigenvalue weighted by molar-refractivity contribution is 6.46. The lowest BCUT2D eigenvalue weighted by molar-refractivity contribution is -0.140. The molecule has 1 amide bonds. The van der Waals surface area contributed by atoms with Crippen LogP contribution in [0, 0.1) is 0 Å². The lowest BCUT2D eigenvalue weighted by Gasteiger charge is -2.26. The molecule has 1 fully saturated rings. The van der Waals surface area contributed by atoms with Gasteiger partial charge in [0.1, 0.15) is 11.5 Å². The number of carbonyl (C=O) groups excluding carboxylic acids is 2. The third kappa shape index (κ3) is 5.27. The molecule has 0 radical (unpaired) electrons. The smallest absolute Gasteiger partial charge is 0.295 e. The van der Waals surface area contributed by atoms with Gasteiger partial charge in [-0.25, -0.2) is 0 Å². The first kappa shape index (κ1) is 26.5. The van der Waals surface area contributed by atoms with Crippen molar-refractivity contribution in [3.05, 3.63) is 70.3 Å². The third-order valence-electron chi connectivity index (χ3n) is 6.49. The Morgan fingerprint density at radius 3 is 2.00 bits per heavy atom. The summed E-state index contributed by atoms with van der Waals surface area (Å²) in [6.45, 7) is 13.1. The first-order valence-electron chi connectivity index (χ1n) is 11.9. The molecule has 1 unspecified atom stereocenters. The maximum atomic E-state index is 13.3. The van der Waals surface area contributed by atoms with Crippen molar-refractivity contribution >= 4 is 17.4 Å². The van der Waals surface area contributed by atoms with Crippen molar-refractivity contribution in [3.63, 3.8) is 0 Å². The molecule has 0 spiro atoms. The van der Waals surface area contributed by atoms with Gasteiger partial charge in [0.15, 0.2) is 0 Å². The van der Waals surface area contributed by atoms with Gasteiger partial charge in [0.2, 0.25) is 0 Å². The minimum Gasteiger partial charge on any atom is -0.507 e. The van der Waals surface area contributed by atoms with Crippen LogP contribution in [0.2, 0.25) is 0 Å². The lowest BCUT2D eigenvalue weighted by Crippen LogP contribution is -2.32. The van der Waals surface area contributed by atoms with Gasteiger partial charge in [-0.1, -0.05) is 71.9 Å². The minimum absolute atomic E-state index is 0.0445. The van der Waals surface area contributed by atoms with Crippen molar-refractivity contribution in [1.82, 2.24) is 4.90 Å². The van der Waals surface area contributed by atoms with Crippen molar-refractivity contribution in [2.75, 3.05) is 27.4 Å². The van der Waals surface area contributed by atoms with E-state index in [9.17, 15) is 14.7 Å². The lowest BCUT2D eigenvalue weighted by atomic mass is 9.84. The van der Waals surface area contributed by atoms with E-state index in [0.717, 1.165) is 16.7 Å². The van der Waals surface area contributed by atoms with Crippen LogP contribution in [-0.2, 0) is 25.2 Å². The van der Waals surface area contributed by atoms with E-state index >= 15 is 0 Å². The van der Waals surface area contributed by atoms with Gasteiger partial charge >= 0.3 is 0 Å². The molecule has 1 atom stereocenters. The summed E-state index contributed by atoms with van der Waals surface area (Å²) in [5, 5.41) is 11.5. The fourth-order valence-corrected chi connectivity index (χ4v) is 4.32. The Kier molecular flexibility index (Phi) is 7.46. The highest BCUT2D eigenvalue weighted by Crippen LogP contribution is 2.42. The Balaban J connectivity index is 2.24. The van der Waals surface area contributed by atoms with E-state index in [1.807, 2.05) is 36.4 Å². The summed E-state index contributed by atoms with van der Waals surface area (Å²) < 4.78 is 10.7. The molecule has 1 heterocycles. The molecule has 35 heavy (non-hydrogen) atoms. The summed E-state index contributed by atoms with van der Waals surface area (Å²) in [6.07, 6.45) is 0. The molecule has 2 aromatic carbocycles. The van der Waals surface area contributed by atoms with Gasteiger partial charge in [0.05, 0.1) is 30.9 Å². The minimum atomic E-state index is -0.734. The van der Waals surface area contributed by atoms with E-state index in [0.29, 0.717) is 11.3 Å². The van der Waals surface area contributed by atoms with Crippen LogP contribution in [0.4, 0.5) is 0 Å². The summed E-state index contributed by atoms with van der Waals surface area (Å²) in [7, 11) is 3.06. The van der Waals surface area contributed by atoms with E-state index in [1.54, 1.807) is 13.2 Å². The number of nitrogens with zero attached hydrogens (tertiary/aromatic N) is 1. The fourth-order valence-electron chi connectivity index (χ4n) is 4.32. The van der Waals surface area contributed by atoms with Gasteiger partial charge in [-0.15, -0.1) is 0 Å². The number of aliphatic hydroxyl groups is 1. The van der Waals surface area contributed by atoms with Crippen molar-refractivity contribution in [3.8, 4) is 5.75 Å². The first-order chi connectivity index (χ1) is 16.3. The molecule has 1 saturated heterocycles. The van der Waals surface area contributed by atoms with Gasteiger partial charge in [0.25, 0.3) is 11.7 Å². The first-order valence-corrected chi connectivity index (χ1v) is 11.9. The number of hydrogen-bond donors (Lipinski definition) is 1. The van der Waals surface area contributed by atoms with Crippen LogP contribution in [0.3, 0.4) is 0 Å². The molecule has 2 aromatic rings. The number of Topliss-reactive ketones (excluding diaryl/α,β-unsaturated/α-hetero) is 1. The molecule has 0 bridgehead atoms. The van der Waals surface area contributed by atoms with Crippen molar-refractivity contribution in [2.24, 2.45) is 0 Å². The van der Waals surface area contributed by atoms with Crippen molar-refractivity contribution in [2.45, 2.75) is 58.4 Å². The highest BCUT2D eigenvalue weighted by atomic mass is 16.5. The predicted molar refractivity (Wildman–Crippen MR) is 138 cm³/mol. The van der Waals surface area contributed by atoms with E-state index in [1.165, 1.54) is 12.0 Å². The van der Waals surface area contributed by atoms with E-state index < -0.39 is 17.7 Å². The molecular weight excluding hydrogens is 442 g/mol. The Morgan fingerprint density at radius 1 is 0.914 bits per heavy atom. The van der Waals surface area contributed by atoms with Crippen LogP contribution in [0.25, 0.3) is 5.76 Å². The molecule has 1 N–H and O–H groups in total. The number of ketones is 1. The summed E-state index contributed by atoms with van der Waals surface area (Å²) in [5.74, 6) is -1.18. The zero-order chi connectivity index (χ0) is 26.1. The average Bonchev–Trinajstić information content (AvgIpc) is 3.05. The van der Waals surface area contributed by atoms with Crippen LogP contribution in [0.15, 0.2) is 48.0 Å². The summed E-state index contributed by atoms with van der Waals surface area (Å²) >= 11 is 0. The van der Waals surface area contributed by atoms with Gasteiger partial charge in [-0.05, 0) is 39.7 Å². The van der Waals surface area contributed by atoms with Crippen LogP contribution in [-0.4, -0.2) is 49.1 Å². The van der Waals surface area contributed by atoms with Gasteiger partial charge in [-0.3, -0.25) is 9.59 Å². The monoisotopic (exact) mass is 479 g/mol. The fraction of sp³-hybridized carbons (Fsp3) is 0.448. The average molecular weight is 480 g/mol. The largest absolute Gasteiger partial charge is 0.507 e. The maximum absolute atomic E-state index is 13.3. The van der Waals surface area contributed by atoms with E-state index in [-0.39, 0.29) is 35.3 Å². The van der Waals surface area contributed by atoms with Crippen LogP contribution < -0.4 is 4.74 Å². The molecule has 3 rings (SSSR count). The second-order valence-electron chi connectivity index (χ2n) is 11.0. The number of carbonyl (C=O) groups is 2. The number of ether oxygens (including phenoxy) is 2. The SMILES string of the molecule is COCCN1C(=O)C(=O)/C(=C(/O)c2cc(C(C)(C)C)ccc2OC)C1c1ccc(C(C)(C)C)cc1. The highest BCUT2D eigenvalue weighted by Gasteiger charge is 2.46. The molecular formula is C29H37NO5. The third-order valence-corrected chi connectivity index (χ3v) is 6.49. The second-order valence-corrected chi connectivity index (χ2v) is 11.0. The summed E-state index contributed by atoms with van der Waals surface area (Å²) in [5.41, 5.74) is 3.07.